The van der Waals surface area contributed by atoms with Gasteiger partial charge >= 0.3 is 5.97 Å². The van der Waals surface area contributed by atoms with E-state index in [0.717, 1.165) is 0 Å². The minimum absolute atomic E-state index is 0.000531. The van der Waals surface area contributed by atoms with E-state index in [-0.39, 0.29) is 17.0 Å². The monoisotopic (exact) mass is 408 g/mol. The highest BCUT2D eigenvalue weighted by Gasteiger charge is 2.24. The van der Waals surface area contributed by atoms with Crippen LogP contribution in [0.15, 0.2) is 52.0 Å². The van der Waals surface area contributed by atoms with Crippen LogP contribution in [-0.4, -0.2) is 43.8 Å². The van der Waals surface area contributed by atoms with Gasteiger partial charge in [0.2, 0.25) is 10.0 Å². The van der Waals surface area contributed by atoms with Crippen molar-refractivity contribution in [3.8, 4) is 0 Å². The lowest BCUT2D eigenvalue weighted by molar-refractivity contribution is -0.129. The van der Waals surface area contributed by atoms with Gasteiger partial charge in [0.15, 0.2) is 6.10 Å². The number of amides is 1. The minimum atomic E-state index is -3.70. The van der Waals surface area contributed by atoms with Crippen LogP contribution in [0.5, 0.6) is 0 Å². The van der Waals surface area contributed by atoms with E-state index in [1.54, 1.807) is 26.0 Å². The standard InChI is InChI=1S/C19H24N2O6S/c1-4-21(5-2)28(24,25)17-10-6-8-15(12-17)19(23)27-14(3)18(22)20-13-16-9-7-11-26-16/h6-12,14H,4-5,13H2,1-3H3,(H,20,22)/t14-/m1/s1. The predicted octanol–water partition coefficient (Wildman–Crippen LogP) is 2.17. The molecule has 1 N–H and O–H groups in total. The number of nitrogens with one attached hydrogen (secondary N) is 1. The molecule has 1 heterocycles. The number of rotatable bonds is 9. The Bertz CT molecular complexity index is 904. The second kappa shape index (κ2) is 9.52. The lowest BCUT2D eigenvalue weighted by Crippen LogP contribution is -2.35. The molecule has 0 fully saturated rings. The second-order valence-electron chi connectivity index (χ2n) is 5.96. The molecule has 0 aliphatic heterocycles. The van der Waals surface area contributed by atoms with Crippen molar-refractivity contribution in [2.45, 2.75) is 38.3 Å². The van der Waals surface area contributed by atoms with E-state index in [1.807, 2.05) is 0 Å². The molecule has 1 amide bonds. The molecule has 0 radical (unpaired) electrons. The van der Waals surface area contributed by atoms with Crippen LogP contribution in [0.25, 0.3) is 0 Å². The zero-order valence-electron chi connectivity index (χ0n) is 16.0. The first-order valence-electron chi connectivity index (χ1n) is 8.90. The molecule has 152 valence electrons. The van der Waals surface area contributed by atoms with Crippen LogP contribution in [0.1, 0.15) is 36.9 Å². The summed E-state index contributed by atoms with van der Waals surface area (Å²) in [6.45, 7) is 5.72. The Hall–Kier alpha value is -2.65. The van der Waals surface area contributed by atoms with Crippen LogP contribution in [0, 0.1) is 0 Å². The van der Waals surface area contributed by atoms with Gasteiger partial charge in [0.25, 0.3) is 5.91 Å². The van der Waals surface area contributed by atoms with Gasteiger partial charge in [0.05, 0.1) is 23.3 Å². The number of esters is 1. The third kappa shape index (κ3) is 5.20. The summed E-state index contributed by atoms with van der Waals surface area (Å²) in [6, 6.07) is 8.99. The second-order valence-corrected chi connectivity index (χ2v) is 7.90. The molecule has 8 nitrogen and oxygen atoms in total. The van der Waals surface area contributed by atoms with Gasteiger partial charge in [-0.15, -0.1) is 0 Å². The van der Waals surface area contributed by atoms with Crippen molar-refractivity contribution in [1.82, 2.24) is 9.62 Å². The summed E-state index contributed by atoms with van der Waals surface area (Å²) in [5.74, 6) is -0.699. The number of benzene rings is 1. The lowest BCUT2D eigenvalue weighted by atomic mass is 10.2. The maximum atomic E-state index is 12.6. The van der Waals surface area contributed by atoms with Crippen molar-refractivity contribution >= 4 is 21.9 Å². The number of ether oxygens (including phenoxy) is 1. The van der Waals surface area contributed by atoms with Crippen molar-refractivity contribution in [3.63, 3.8) is 0 Å². The van der Waals surface area contributed by atoms with E-state index in [4.69, 9.17) is 9.15 Å². The van der Waals surface area contributed by atoms with Gasteiger partial charge in [0, 0.05) is 13.1 Å². The Labute approximate surface area is 164 Å². The first kappa shape index (κ1) is 21.6. The minimum Gasteiger partial charge on any atom is -0.467 e. The summed E-state index contributed by atoms with van der Waals surface area (Å²) in [7, 11) is -3.70. The fourth-order valence-electron chi connectivity index (χ4n) is 2.51. The molecule has 2 rings (SSSR count). The van der Waals surface area contributed by atoms with Gasteiger partial charge in [0.1, 0.15) is 5.76 Å². The van der Waals surface area contributed by atoms with Crippen molar-refractivity contribution in [2.24, 2.45) is 0 Å². The predicted molar refractivity (Wildman–Crippen MR) is 102 cm³/mol. The van der Waals surface area contributed by atoms with Gasteiger partial charge in [-0.3, -0.25) is 4.79 Å². The molecular formula is C19H24N2O6S. The Morgan fingerprint density at radius 1 is 1.18 bits per heavy atom. The Balaban J connectivity index is 2.05. The topological polar surface area (TPSA) is 106 Å². The number of carbonyl (C=O) groups excluding carboxylic acids is 2. The number of hydrogen-bond acceptors (Lipinski definition) is 6. The molecule has 0 saturated heterocycles. The van der Waals surface area contributed by atoms with Gasteiger partial charge < -0.3 is 14.5 Å². The van der Waals surface area contributed by atoms with Gasteiger partial charge in [-0.25, -0.2) is 13.2 Å². The van der Waals surface area contributed by atoms with Crippen molar-refractivity contribution in [1.29, 1.82) is 0 Å². The largest absolute Gasteiger partial charge is 0.467 e. The zero-order valence-corrected chi connectivity index (χ0v) is 16.9. The van der Waals surface area contributed by atoms with Crippen molar-refractivity contribution in [2.75, 3.05) is 13.1 Å². The molecule has 0 aliphatic rings. The molecule has 0 bridgehead atoms. The summed E-state index contributed by atoms with van der Waals surface area (Å²) in [5.41, 5.74) is 0.0546. The summed E-state index contributed by atoms with van der Waals surface area (Å²) in [4.78, 5) is 24.4. The average molecular weight is 408 g/mol. The average Bonchev–Trinajstić information content (AvgIpc) is 3.20. The van der Waals surface area contributed by atoms with Crippen LogP contribution in [-0.2, 0) is 26.1 Å². The molecule has 1 aromatic carbocycles. The summed E-state index contributed by atoms with van der Waals surface area (Å²) in [5, 5.41) is 2.59. The van der Waals surface area contributed by atoms with E-state index in [9.17, 15) is 18.0 Å². The van der Waals surface area contributed by atoms with Gasteiger partial charge in [-0.2, -0.15) is 4.31 Å². The molecule has 0 saturated carbocycles. The van der Waals surface area contributed by atoms with Crippen LogP contribution >= 0.6 is 0 Å². The van der Waals surface area contributed by atoms with E-state index < -0.39 is 28.0 Å². The maximum absolute atomic E-state index is 12.6. The first-order valence-corrected chi connectivity index (χ1v) is 10.3. The molecular weight excluding hydrogens is 384 g/mol. The summed E-state index contributed by atoms with van der Waals surface area (Å²) in [6.07, 6.45) is 0.440. The van der Waals surface area contributed by atoms with E-state index in [1.165, 1.54) is 41.8 Å². The van der Waals surface area contributed by atoms with Crippen LogP contribution < -0.4 is 5.32 Å². The van der Waals surface area contributed by atoms with Crippen LogP contribution in [0.4, 0.5) is 0 Å². The highest BCUT2D eigenvalue weighted by atomic mass is 32.2. The number of nitrogens with zero attached hydrogens (tertiary/aromatic N) is 1. The zero-order chi connectivity index (χ0) is 20.7. The maximum Gasteiger partial charge on any atom is 0.338 e. The van der Waals surface area contributed by atoms with E-state index in [2.05, 4.69) is 5.32 Å². The summed E-state index contributed by atoms with van der Waals surface area (Å²) < 4.78 is 36.8. The quantitative estimate of drug-likeness (QED) is 0.638. The normalized spacial score (nSPS) is 12.6. The number of furan rings is 1. The highest BCUT2D eigenvalue weighted by molar-refractivity contribution is 7.89. The molecule has 9 heteroatoms. The SMILES string of the molecule is CCN(CC)S(=O)(=O)c1cccc(C(=O)O[C@H](C)C(=O)NCc2ccco2)c1. The van der Waals surface area contributed by atoms with Gasteiger partial charge in [-0.1, -0.05) is 19.9 Å². The molecule has 1 atom stereocenters. The Morgan fingerprint density at radius 2 is 1.89 bits per heavy atom. The molecule has 1 aromatic heterocycles. The fraction of sp³-hybridized carbons (Fsp3) is 0.368. The fourth-order valence-corrected chi connectivity index (χ4v) is 4.01. The van der Waals surface area contributed by atoms with E-state index >= 15 is 0 Å². The smallest absolute Gasteiger partial charge is 0.338 e. The molecule has 2 aromatic rings. The third-order valence-electron chi connectivity index (χ3n) is 4.08. The van der Waals surface area contributed by atoms with Crippen molar-refractivity contribution in [3.05, 3.63) is 54.0 Å². The Kier molecular flexibility index (Phi) is 7.36. The van der Waals surface area contributed by atoms with Crippen LogP contribution in [0.2, 0.25) is 0 Å². The number of hydrogen-bond donors (Lipinski definition) is 1. The first-order chi connectivity index (χ1) is 13.3. The van der Waals surface area contributed by atoms with E-state index in [0.29, 0.717) is 18.8 Å². The molecule has 0 spiro atoms. The van der Waals surface area contributed by atoms with Crippen molar-refractivity contribution < 1.29 is 27.2 Å². The number of sulfonamides is 1. The third-order valence-corrected chi connectivity index (χ3v) is 6.13. The highest BCUT2D eigenvalue weighted by Crippen LogP contribution is 2.18. The van der Waals surface area contributed by atoms with Crippen LogP contribution in [0.3, 0.4) is 0 Å². The molecule has 0 unspecified atom stereocenters. The summed E-state index contributed by atoms with van der Waals surface area (Å²) >= 11 is 0. The Morgan fingerprint density at radius 3 is 2.50 bits per heavy atom. The lowest BCUT2D eigenvalue weighted by Gasteiger charge is -2.19. The number of carbonyl (C=O) groups is 2. The molecule has 0 aliphatic carbocycles. The van der Waals surface area contributed by atoms with Gasteiger partial charge in [-0.05, 0) is 37.3 Å². The molecule has 28 heavy (non-hydrogen) atoms.